The van der Waals surface area contributed by atoms with E-state index in [-0.39, 0.29) is 5.60 Å². The standard InChI is InChI=1S/C15H17N3O/c1-15(2,3)19-13-7-5-11(6-8-13)14-12(9-16)10-17-18(14)4/h5-8,10H,1-4H3. The first-order valence-electron chi connectivity index (χ1n) is 6.12. The van der Waals surface area contributed by atoms with Crippen LogP contribution < -0.4 is 4.74 Å². The fraction of sp³-hybridized carbons (Fsp3) is 0.333. The van der Waals surface area contributed by atoms with E-state index in [1.807, 2.05) is 52.1 Å². The van der Waals surface area contributed by atoms with Crippen molar-refractivity contribution in [3.05, 3.63) is 36.0 Å². The monoisotopic (exact) mass is 255 g/mol. The summed E-state index contributed by atoms with van der Waals surface area (Å²) in [5.74, 6) is 0.817. The number of aromatic nitrogens is 2. The van der Waals surface area contributed by atoms with Crippen LogP contribution in [0.4, 0.5) is 0 Å². The summed E-state index contributed by atoms with van der Waals surface area (Å²) in [6.07, 6.45) is 1.58. The maximum absolute atomic E-state index is 9.07. The Bertz CT molecular complexity index is 612. The van der Waals surface area contributed by atoms with Crippen molar-refractivity contribution in [2.24, 2.45) is 7.05 Å². The maximum Gasteiger partial charge on any atom is 0.120 e. The van der Waals surface area contributed by atoms with Gasteiger partial charge in [-0.1, -0.05) is 0 Å². The molecule has 0 fully saturated rings. The van der Waals surface area contributed by atoms with Gasteiger partial charge in [0.15, 0.2) is 0 Å². The number of nitriles is 1. The van der Waals surface area contributed by atoms with Crippen molar-refractivity contribution in [2.75, 3.05) is 0 Å². The topological polar surface area (TPSA) is 50.8 Å². The lowest BCUT2D eigenvalue weighted by Gasteiger charge is -2.21. The Kier molecular flexibility index (Phi) is 3.30. The van der Waals surface area contributed by atoms with E-state index < -0.39 is 0 Å². The van der Waals surface area contributed by atoms with E-state index in [0.717, 1.165) is 17.0 Å². The van der Waals surface area contributed by atoms with Crippen molar-refractivity contribution in [1.29, 1.82) is 5.26 Å². The fourth-order valence-electron chi connectivity index (χ4n) is 1.90. The molecule has 1 heterocycles. The summed E-state index contributed by atoms with van der Waals surface area (Å²) in [7, 11) is 1.83. The third kappa shape index (κ3) is 2.94. The molecular weight excluding hydrogens is 238 g/mol. The van der Waals surface area contributed by atoms with E-state index >= 15 is 0 Å². The first-order valence-corrected chi connectivity index (χ1v) is 6.12. The molecule has 0 bridgehead atoms. The van der Waals surface area contributed by atoms with E-state index in [2.05, 4.69) is 11.2 Å². The van der Waals surface area contributed by atoms with Crippen LogP contribution in [-0.4, -0.2) is 15.4 Å². The summed E-state index contributed by atoms with van der Waals surface area (Å²) < 4.78 is 7.48. The van der Waals surface area contributed by atoms with Crippen LogP contribution in [0.2, 0.25) is 0 Å². The van der Waals surface area contributed by atoms with Gasteiger partial charge in [0.1, 0.15) is 17.4 Å². The first kappa shape index (κ1) is 13.2. The third-order valence-corrected chi connectivity index (χ3v) is 2.61. The number of hydrogen-bond acceptors (Lipinski definition) is 3. The molecule has 19 heavy (non-hydrogen) atoms. The van der Waals surface area contributed by atoms with Crippen LogP contribution >= 0.6 is 0 Å². The zero-order chi connectivity index (χ0) is 14.0. The first-order chi connectivity index (χ1) is 8.90. The van der Waals surface area contributed by atoms with Crippen molar-refractivity contribution < 1.29 is 4.74 Å². The van der Waals surface area contributed by atoms with Crippen molar-refractivity contribution in [3.63, 3.8) is 0 Å². The molecule has 0 saturated carbocycles. The summed E-state index contributed by atoms with van der Waals surface area (Å²) in [6, 6.07) is 9.86. The Morgan fingerprint density at radius 3 is 2.37 bits per heavy atom. The molecule has 0 atom stereocenters. The van der Waals surface area contributed by atoms with Gasteiger partial charge in [-0.3, -0.25) is 4.68 Å². The highest BCUT2D eigenvalue weighted by Gasteiger charge is 2.13. The van der Waals surface area contributed by atoms with Crippen molar-refractivity contribution >= 4 is 0 Å². The molecule has 0 saturated heterocycles. The van der Waals surface area contributed by atoms with E-state index in [0.29, 0.717) is 5.56 Å². The van der Waals surface area contributed by atoms with Gasteiger partial charge in [-0.05, 0) is 45.0 Å². The molecule has 0 spiro atoms. The Labute approximate surface area is 113 Å². The molecule has 0 amide bonds. The second kappa shape index (κ2) is 4.77. The van der Waals surface area contributed by atoms with Crippen molar-refractivity contribution in [1.82, 2.24) is 9.78 Å². The van der Waals surface area contributed by atoms with Gasteiger partial charge in [-0.25, -0.2) is 0 Å². The van der Waals surface area contributed by atoms with Crippen LogP contribution in [0.1, 0.15) is 26.3 Å². The van der Waals surface area contributed by atoms with Crippen LogP contribution in [0, 0.1) is 11.3 Å². The smallest absolute Gasteiger partial charge is 0.120 e. The van der Waals surface area contributed by atoms with Gasteiger partial charge in [0.05, 0.1) is 17.5 Å². The van der Waals surface area contributed by atoms with E-state index in [4.69, 9.17) is 10.00 Å². The van der Waals surface area contributed by atoms with Gasteiger partial charge in [-0.15, -0.1) is 0 Å². The lowest BCUT2D eigenvalue weighted by molar-refractivity contribution is 0.131. The van der Waals surface area contributed by atoms with Crippen molar-refractivity contribution in [2.45, 2.75) is 26.4 Å². The summed E-state index contributed by atoms with van der Waals surface area (Å²) in [4.78, 5) is 0. The average molecular weight is 255 g/mol. The van der Waals surface area contributed by atoms with Gasteiger partial charge >= 0.3 is 0 Å². The Hall–Kier alpha value is -2.28. The van der Waals surface area contributed by atoms with Crippen LogP contribution in [0.25, 0.3) is 11.3 Å². The molecule has 2 rings (SSSR count). The molecule has 0 aliphatic heterocycles. The van der Waals surface area contributed by atoms with Gasteiger partial charge in [0.2, 0.25) is 0 Å². The number of hydrogen-bond donors (Lipinski definition) is 0. The van der Waals surface area contributed by atoms with Gasteiger partial charge in [0.25, 0.3) is 0 Å². The zero-order valence-electron chi connectivity index (χ0n) is 11.6. The normalized spacial score (nSPS) is 11.1. The van der Waals surface area contributed by atoms with Crippen LogP contribution in [0.5, 0.6) is 5.75 Å². The van der Waals surface area contributed by atoms with Crippen LogP contribution in [0.3, 0.4) is 0 Å². The van der Waals surface area contributed by atoms with Gasteiger partial charge < -0.3 is 4.74 Å². The summed E-state index contributed by atoms with van der Waals surface area (Å²) in [6.45, 7) is 6.03. The minimum absolute atomic E-state index is 0.216. The SMILES string of the molecule is Cn1ncc(C#N)c1-c1ccc(OC(C)(C)C)cc1. The molecule has 4 nitrogen and oxygen atoms in total. The second-order valence-corrected chi connectivity index (χ2v) is 5.38. The molecule has 98 valence electrons. The average Bonchev–Trinajstić information content (AvgIpc) is 2.69. The van der Waals surface area contributed by atoms with Crippen LogP contribution in [-0.2, 0) is 7.05 Å². The Balaban J connectivity index is 2.33. The van der Waals surface area contributed by atoms with E-state index in [1.54, 1.807) is 10.9 Å². The molecule has 2 aromatic rings. The highest BCUT2D eigenvalue weighted by Crippen LogP contribution is 2.26. The number of benzene rings is 1. The number of ether oxygens (including phenoxy) is 1. The molecule has 1 aromatic heterocycles. The molecule has 4 heteroatoms. The quantitative estimate of drug-likeness (QED) is 0.828. The molecule has 0 N–H and O–H groups in total. The molecular formula is C15H17N3O. The van der Waals surface area contributed by atoms with E-state index in [9.17, 15) is 0 Å². The highest BCUT2D eigenvalue weighted by atomic mass is 16.5. The second-order valence-electron chi connectivity index (χ2n) is 5.38. The maximum atomic E-state index is 9.07. The predicted octanol–water partition coefficient (Wildman–Crippen LogP) is 3.14. The van der Waals surface area contributed by atoms with Crippen LogP contribution in [0.15, 0.2) is 30.5 Å². The minimum atomic E-state index is -0.216. The van der Waals surface area contributed by atoms with Gasteiger partial charge in [0, 0.05) is 12.6 Å². The summed E-state index contributed by atoms with van der Waals surface area (Å²) in [5, 5.41) is 13.2. The minimum Gasteiger partial charge on any atom is -0.488 e. The zero-order valence-corrected chi connectivity index (χ0v) is 11.6. The largest absolute Gasteiger partial charge is 0.488 e. The lowest BCUT2D eigenvalue weighted by atomic mass is 10.1. The molecule has 0 radical (unpaired) electrons. The van der Waals surface area contributed by atoms with Crippen molar-refractivity contribution in [3.8, 4) is 23.1 Å². The molecule has 1 aromatic carbocycles. The molecule has 0 aliphatic rings. The number of aryl methyl sites for hydroxylation is 1. The van der Waals surface area contributed by atoms with Gasteiger partial charge in [-0.2, -0.15) is 10.4 Å². The number of nitrogens with zero attached hydrogens (tertiary/aromatic N) is 3. The molecule has 0 aliphatic carbocycles. The Morgan fingerprint density at radius 2 is 1.84 bits per heavy atom. The Morgan fingerprint density at radius 1 is 1.21 bits per heavy atom. The number of rotatable bonds is 2. The predicted molar refractivity (Wildman–Crippen MR) is 73.7 cm³/mol. The highest BCUT2D eigenvalue weighted by molar-refractivity contribution is 5.67. The van der Waals surface area contributed by atoms with E-state index in [1.165, 1.54) is 0 Å². The lowest BCUT2D eigenvalue weighted by Crippen LogP contribution is -2.22. The summed E-state index contributed by atoms with van der Waals surface area (Å²) >= 11 is 0. The third-order valence-electron chi connectivity index (χ3n) is 2.61. The molecule has 0 unspecified atom stereocenters. The summed E-state index contributed by atoms with van der Waals surface area (Å²) in [5.41, 5.74) is 2.14. The fourth-order valence-corrected chi connectivity index (χ4v) is 1.90.